The molecule has 0 unspecified atom stereocenters. The lowest BCUT2D eigenvalue weighted by Gasteiger charge is -2.23. The lowest BCUT2D eigenvalue weighted by Crippen LogP contribution is -2.36. The molecule has 1 N–H and O–H groups in total. The van der Waals surface area contributed by atoms with Crippen molar-refractivity contribution < 1.29 is 27.5 Å². The van der Waals surface area contributed by atoms with Gasteiger partial charge in [0.1, 0.15) is 5.82 Å². The number of ether oxygens (including phenoxy) is 1. The van der Waals surface area contributed by atoms with Crippen molar-refractivity contribution in [1.82, 2.24) is 9.88 Å². The standard InChI is InChI=1S/C22H24ClF3N4O3/c1-2-33-21(32)15-4-7-19(27-13-15)30-9-3-8-29(10-11-30)14-20(31)28-18-6-5-16(23)12-17(18)22(24,25)26/h4-7,12-13H,2-3,8-11,14H2,1H3,(H,28,31). The molecule has 0 spiro atoms. The molecule has 33 heavy (non-hydrogen) atoms. The number of amides is 1. The van der Waals surface area contributed by atoms with E-state index < -0.39 is 23.6 Å². The van der Waals surface area contributed by atoms with Gasteiger partial charge in [-0.3, -0.25) is 9.69 Å². The van der Waals surface area contributed by atoms with Gasteiger partial charge in [-0.2, -0.15) is 13.2 Å². The van der Waals surface area contributed by atoms with E-state index in [-0.39, 0.29) is 23.9 Å². The summed E-state index contributed by atoms with van der Waals surface area (Å²) >= 11 is 5.68. The van der Waals surface area contributed by atoms with E-state index in [9.17, 15) is 22.8 Å². The van der Waals surface area contributed by atoms with E-state index in [4.69, 9.17) is 16.3 Å². The number of hydrogen-bond donors (Lipinski definition) is 1. The minimum absolute atomic E-state index is 0.0387. The van der Waals surface area contributed by atoms with Crippen LogP contribution in [0.4, 0.5) is 24.7 Å². The number of nitrogens with zero attached hydrogens (tertiary/aromatic N) is 3. The van der Waals surface area contributed by atoms with E-state index in [0.29, 0.717) is 37.6 Å². The van der Waals surface area contributed by atoms with E-state index in [0.717, 1.165) is 18.6 Å². The molecule has 1 saturated heterocycles. The third-order valence-corrected chi connectivity index (χ3v) is 5.33. The van der Waals surface area contributed by atoms with Crippen molar-refractivity contribution in [3.63, 3.8) is 0 Å². The van der Waals surface area contributed by atoms with E-state index in [1.54, 1.807) is 19.1 Å². The number of hydrogen-bond acceptors (Lipinski definition) is 6. The smallest absolute Gasteiger partial charge is 0.418 e. The zero-order valence-corrected chi connectivity index (χ0v) is 18.7. The predicted molar refractivity (Wildman–Crippen MR) is 119 cm³/mol. The third kappa shape index (κ3) is 6.82. The van der Waals surface area contributed by atoms with Crippen molar-refractivity contribution in [2.45, 2.75) is 19.5 Å². The number of benzene rings is 1. The fourth-order valence-corrected chi connectivity index (χ4v) is 3.69. The number of carbonyl (C=O) groups excluding carboxylic acids is 2. The topological polar surface area (TPSA) is 74.8 Å². The lowest BCUT2D eigenvalue weighted by atomic mass is 10.1. The largest absolute Gasteiger partial charge is 0.462 e. The van der Waals surface area contributed by atoms with E-state index in [2.05, 4.69) is 10.3 Å². The fourth-order valence-electron chi connectivity index (χ4n) is 3.52. The van der Waals surface area contributed by atoms with E-state index in [1.165, 1.54) is 12.3 Å². The molecule has 1 aliphatic heterocycles. The van der Waals surface area contributed by atoms with Crippen LogP contribution in [0.2, 0.25) is 5.02 Å². The number of nitrogens with one attached hydrogen (secondary N) is 1. The van der Waals surface area contributed by atoms with Gasteiger partial charge in [0.25, 0.3) is 0 Å². The Morgan fingerprint density at radius 2 is 1.94 bits per heavy atom. The number of anilines is 2. The third-order valence-electron chi connectivity index (χ3n) is 5.10. The summed E-state index contributed by atoms with van der Waals surface area (Å²) in [7, 11) is 0. The van der Waals surface area contributed by atoms with Crippen molar-refractivity contribution in [1.29, 1.82) is 0 Å². The number of alkyl halides is 3. The van der Waals surface area contributed by atoms with Crippen LogP contribution in [0.3, 0.4) is 0 Å². The quantitative estimate of drug-likeness (QED) is 0.623. The zero-order chi connectivity index (χ0) is 24.0. The average molecular weight is 485 g/mol. The van der Waals surface area contributed by atoms with Gasteiger partial charge in [-0.1, -0.05) is 11.6 Å². The first-order valence-corrected chi connectivity index (χ1v) is 10.8. The Morgan fingerprint density at radius 3 is 2.61 bits per heavy atom. The molecule has 0 radical (unpaired) electrons. The van der Waals surface area contributed by atoms with Gasteiger partial charge in [0.15, 0.2) is 0 Å². The van der Waals surface area contributed by atoms with Gasteiger partial charge in [-0.05, 0) is 43.7 Å². The molecule has 1 aliphatic rings. The normalized spacial score (nSPS) is 15.1. The SMILES string of the molecule is CCOC(=O)c1ccc(N2CCCN(CC(=O)Nc3ccc(Cl)cc3C(F)(F)F)CC2)nc1. The molecular weight excluding hydrogens is 461 g/mol. The second-order valence-corrected chi connectivity index (χ2v) is 7.91. The van der Waals surface area contributed by atoms with Gasteiger partial charge >= 0.3 is 12.1 Å². The minimum Gasteiger partial charge on any atom is -0.462 e. The molecule has 1 aromatic heterocycles. The molecule has 1 amide bonds. The van der Waals surface area contributed by atoms with E-state index >= 15 is 0 Å². The fraction of sp³-hybridized carbons (Fsp3) is 0.409. The van der Waals surface area contributed by atoms with Gasteiger partial charge in [-0.25, -0.2) is 9.78 Å². The maximum absolute atomic E-state index is 13.2. The van der Waals surface area contributed by atoms with Crippen molar-refractivity contribution in [2.75, 3.05) is 49.5 Å². The van der Waals surface area contributed by atoms with Crippen LogP contribution < -0.4 is 10.2 Å². The molecule has 11 heteroatoms. The Balaban J connectivity index is 1.57. The summed E-state index contributed by atoms with van der Waals surface area (Å²) < 4.78 is 44.7. The number of aromatic nitrogens is 1. The molecule has 178 valence electrons. The second-order valence-electron chi connectivity index (χ2n) is 7.48. The van der Waals surface area contributed by atoms with Crippen molar-refractivity contribution in [2.24, 2.45) is 0 Å². The van der Waals surface area contributed by atoms with Gasteiger partial charge in [0.05, 0.1) is 30.0 Å². The molecule has 2 aromatic rings. The summed E-state index contributed by atoms with van der Waals surface area (Å²) in [5.41, 5.74) is -0.934. The Morgan fingerprint density at radius 1 is 1.15 bits per heavy atom. The second kappa shape index (κ2) is 10.8. The average Bonchev–Trinajstić information content (AvgIpc) is 3.00. The number of halogens is 4. The summed E-state index contributed by atoms with van der Waals surface area (Å²) in [6.45, 7) is 4.38. The van der Waals surface area contributed by atoms with Crippen LogP contribution in [-0.2, 0) is 15.7 Å². The highest BCUT2D eigenvalue weighted by Gasteiger charge is 2.34. The highest BCUT2D eigenvalue weighted by molar-refractivity contribution is 6.30. The first-order valence-electron chi connectivity index (χ1n) is 10.4. The molecular formula is C22H24ClF3N4O3. The first kappa shape index (κ1) is 24.8. The molecule has 1 aromatic carbocycles. The highest BCUT2D eigenvalue weighted by atomic mass is 35.5. The van der Waals surface area contributed by atoms with Crippen molar-refractivity contribution in [3.8, 4) is 0 Å². The Kier molecular flexibility index (Phi) is 8.15. The molecule has 7 nitrogen and oxygen atoms in total. The Bertz CT molecular complexity index is 986. The van der Waals surface area contributed by atoms with Crippen LogP contribution in [0.1, 0.15) is 29.3 Å². The highest BCUT2D eigenvalue weighted by Crippen LogP contribution is 2.36. The summed E-state index contributed by atoms with van der Waals surface area (Å²) in [5, 5.41) is 2.29. The van der Waals surface area contributed by atoms with Gasteiger partial charge in [0.2, 0.25) is 5.91 Å². The zero-order valence-electron chi connectivity index (χ0n) is 18.0. The minimum atomic E-state index is -4.63. The van der Waals surface area contributed by atoms with E-state index in [1.807, 2.05) is 9.80 Å². The molecule has 0 saturated carbocycles. The predicted octanol–water partition coefficient (Wildman–Crippen LogP) is 4.08. The van der Waals surface area contributed by atoms with Crippen LogP contribution >= 0.6 is 11.6 Å². The van der Waals surface area contributed by atoms with Gasteiger partial charge in [0, 0.05) is 37.4 Å². The number of carbonyl (C=O) groups is 2. The molecule has 0 bridgehead atoms. The van der Waals surface area contributed by atoms with Gasteiger partial charge < -0.3 is 15.0 Å². The molecule has 2 heterocycles. The summed E-state index contributed by atoms with van der Waals surface area (Å²) in [5.74, 6) is -0.266. The van der Waals surface area contributed by atoms with Crippen LogP contribution in [-0.4, -0.2) is 61.1 Å². The molecule has 3 rings (SSSR count). The summed E-state index contributed by atoms with van der Waals surface area (Å²) in [4.78, 5) is 32.5. The monoisotopic (exact) mass is 484 g/mol. The molecule has 0 aliphatic carbocycles. The van der Waals surface area contributed by atoms with Crippen LogP contribution in [0, 0.1) is 0 Å². The molecule has 0 atom stereocenters. The summed E-state index contributed by atoms with van der Waals surface area (Å²) in [6, 6.07) is 6.64. The number of rotatable bonds is 6. The maximum atomic E-state index is 13.2. The maximum Gasteiger partial charge on any atom is 0.418 e. The van der Waals surface area contributed by atoms with Gasteiger partial charge in [-0.15, -0.1) is 0 Å². The lowest BCUT2D eigenvalue weighted by molar-refractivity contribution is -0.137. The Labute approximate surface area is 194 Å². The Hall–Kier alpha value is -2.85. The first-order chi connectivity index (χ1) is 15.7. The summed E-state index contributed by atoms with van der Waals surface area (Å²) in [6.07, 6.45) is -2.43. The van der Waals surface area contributed by atoms with Crippen molar-refractivity contribution in [3.05, 3.63) is 52.7 Å². The van der Waals surface area contributed by atoms with Crippen LogP contribution in [0.5, 0.6) is 0 Å². The van der Waals surface area contributed by atoms with Crippen molar-refractivity contribution >= 4 is 35.0 Å². The number of pyridine rings is 1. The van der Waals surface area contributed by atoms with Crippen LogP contribution in [0.15, 0.2) is 36.5 Å². The van der Waals surface area contributed by atoms with Crippen LogP contribution in [0.25, 0.3) is 0 Å². The number of esters is 1. The molecule has 1 fully saturated rings.